The number of ether oxygens (including phenoxy) is 2. The van der Waals surface area contributed by atoms with Gasteiger partial charge in [0.15, 0.2) is 11.9 Å². The summed E-state index contributed by atoms with van der Waals surface area (Å²) < 4.78 is 10.4. The van der Waals surface area contributed by atoms with Gasteiger partial charge in [0, 0.05) is 22.6 Å². The van der Waals surface area contributed by atoms with Crippen LogP contribution >= 0.6 is 22.6 Å². The third-order valence-electron chi connectivity index (χ3n) is 1.26. The number of carbonyl (C=O) groups is 1. The second-order valence-corrected chi connectivity index (χ2v) is 3.68. The number of hydrogen-bond acceptors (Lipinski definition) is 3. The quantitative estimate of drug-likeness (QED) is 0.520. The zero-order valence-corrected chi connectivity index (χ0v) is 8.04. The van der Waals surface area contributed by atoms with E-state index < -0.39 is 5.79 Å². The zero-order valence-electron chi connectivity index (χ0n) is 5.89. The summed E-state index contributed by atoms with van der Waals surface area (Å²) in [6.45, 7) is 3.98. The zero-order chi connectivity index (χ0) is 7.78. The van der Waals surface area contributed by atoms with Crippen molar-refractivity contribution in [2.75, 3.05) is 6.61 Å². The van der Waals surface area contributed by atoms with Gasteiger partial charge >= 0.3 is 0 Å². The van der Waals surface area contributed by atoms with Crippen molar-refractivity contribution in [1.29, 1.82) is 0 Å². The van der Waals surface area contributed by atoms with E-state index in [2.05, 4.69) is 0 Å². The fourth-order valence-corrected chi connectivity index (χ4v) is 1.11. The molecule has 0 spiro atoms. The van der Waals surface area contributed by atoms with Crippen LogP contribution in [0.1, 0.15) is 13.8 Å². The fraction of sp³-hybridized carbons (Fsp3) is 0.833. The van der Waals surface area contributed by atoms with E-state index in [1.54, 1.807) is 36.4 Å². The number of carbonyl (C=O) groups excluding carboxylic acids is 1. The Balaban J connectivity index is 2.51. The summed E-state index contributed by atoms with van der Waals surface area (Å²) in [5.41, 5.74) is 0. The van der Waals surface area contributed by atoms with E-state index >= 15 is 0 Å². The maximum atomic E-state index is 10.7. The summed E-state index contributed by atoms with van der Waals surface area (Å²) in [4.78, 5) is 10.7. The topological polar surface area (TPSA) is 35.5 Å². The van der Waals surface area contributed by atoms with Crippen LogP contribution in [0.5, 0.6) is 0 Å². The van der Waals surface area contributed by atoms with Crippen LogP contribution in [0.4, 0.5) is 0 Å². The molecule has 0 bridgehead atoms. The molecule has 1 atom stereocenters. The molecule has 0 amide bonds. The highest BCUT2D eigenvalue weighted by atomic mass is 127. The second-order valence-electron chi connectivity index (χ2n) is 2.62. The first-order valence-electron chi connectivity index (χ1n) is 3.02. The van der Waals surface area contributed by atoms with E-state index in [0.29, 0.717) is 6.61 Å². The van der Waals surface area contributed by atoms with Crippen molar-refractivity contribution in [2.45, 2.75) is 25.7 Å². The molecule has 10 heavy (non-hydrogen) atoms. The van der Waals surface area contributed by atoms with Gasteiger partial charge < -0.3 is 9.47 Å². The molecule has 0 N–H and O–H groups in total. The van der Waals surface area contributed by atoms with Gasteiger partial charge in [0.25, 0.3) is 0 Å². The van der Waals surface area contributed by atoms with Crippen molar-refractivity contribution in [3.05, 3.63) is 0 Å². The molecule has 1 aliphatic rings. The van der Waals surface area contributed by atoms with Gasteiger partial charge in [0.05, 0.1) is 6.61 Å². The largest absolute Gasteiger partial charge is 0.347 e. The molecule has 0 aromatic carbocycles. The van der Waals surface area contributed by atoms with E-state index in [9.17, 15) is 4.79 Å². The normalized spacial score (nSPS) is 30.5. The minimum Gasteiger partial charge on any atom is -0.347 e. The Morgan fingerprint density at radius 2 is 2.30 bits per heavy atom. The van der Waals surface area contributed by atoms with Crippen molar-refractivity contribution in [3.63, 3.8) is 0 Å². The predicted octanol–water partition coefficient (Wildman–Crippen LogP) is 1.10. The molecule has 0 saturated carbocycles. The SMILES string of the molecule is CC1(C)OCC(C(=O)I)O1. The van der Waals surface area contributed by atoms with E-state index in [1.165, 1.54) is 0 Å². The van der Waals surface area contributed by atoms with Crippen LogP contribution in [-0.4, -0.2) is 22.3 Å². The third kappa shape index (κ3) is 1.90. The molecule has 1 fully saturated rings. The Morgan fingerprint density at radius 1 is 1.70 bits per heavy atom. The van der Waals surface area contributed by atoms with Gasteiger partial charge in [-0.2, -0.15) is 0 Å². The highest BCUT2D eigenvalue weighted by molar-refractivity contribution is 14.1. The number of rotatable bonds is 1. The highest BCUT2D eigenvalue weighted by Crippen LogP contribution is 2.23. The predicted molar refractivity (Wildman–Crippen MR) is 43.9 cm³/mol. The van der Waals surface area contributed by atoms with Crippen LogP contribution in [0.3, 0.4) is 0 Å². The van der Waals surface area contributed by atoms with Crippen molar-refractivity contribution in [2.24, 2.45) is 0 Å². The Hall–Kier alpha value is 0.320. The molecule has 0 aromatic heterocycles. The van der Waals surface area contributed by atoms with Crippen molar-refractivity contribution >= 4 is 26.4 Å². The molecule has 1 unspecified atom stereocenters. The monoisotopic (exact) mass is 256 g/mol. The molecule has 0 radical (unpaired) electrons. The third-order valence-corrected chi connectivity index (χ3v) is 1.96. The minimum absolute atomic E-state index is 0.00294. The van der Waals surface area contributed by atoms with Crippen molar-refractivity contribution in [3.8, 4) is 0 Å². The molecule has 0 aromatic rings. The molecule has 1 heterocycles. The standard InChI is InChI=1S/C6H9IO3/c1-6(2)9-3-4(10-6)5(7)8/h4H,3H2,1-2H3. The summed E-state index contributed by atoms with van der Waals surface area (Å²) in [6, 6.07) is 0. The lowest BCUT2D eigenvalue weighted by Gasteiger charge is -2.15. The summed E-state index contributed by atoms with van der Waals surface area (Å²) in [5.74, 6) is -0.578. The second kappa shape index (κ2) is 2.75. The first kappa shape index (κ1) is 8.42. The van der Waals surface area contributed by atoms with Gasteiger partial charge in [-0.3, -0.25) is 4.79 Å². The van der Waals surface area contributed by atoms with E-state index in [4.69, 9.17) is 9.47 Å². The number of halogens is 1. The fourth-order valence-electron chi connectivity index (χ4n) is 0.799. The Morgan fingerprint density at radius 3 is 2.50 bits per heavy atom. The van der Waals surface area contributed by atoms with Gasteiger partial charge in [-0.15, -0.1) is 0 Å². The molecule has 1 saturated heterocycles. The van der Waals surface area contributed by atoms with Crippen LogP contribution in [0, 0.1) is 0 Å². The molecular weight excluding hydrogens is 247 g/mol. The summed E-state index contributed by atoms with van der Waals surface area (Å²) in [6.07, 6.45) is -0.365. The molecule has 4 heteroatoms. The first-order valence-corrected chi connectivity index (χ1v) is 4.10. The minimum atomic E-state index is -0.578. The van der Waals surface area contributed by atoms with Crippen molar-refractivity contribution < 1.29 is 14.3 Å². The molecular formula is C6H9IO3. The molecule has 58 valence electrons. The van der Waals surface area contributed by atoms with E-state index in [0.717, 1.165) is 0 Å². The lowest BCUT2D eigenvalue weighted by Crippen LogP contribution is -2.23. The summed E-state index contributed by atoms with van der Waals surface area (Å²) >= 11 is 1.72. The van der Waals surface area contributed by atoms with E-state index in [-0.39, 0.29) is 9.89 Å². The van der Waals surface area contributed by atoms with Gasteiger partial charge in [-0.1, -0.05) is 0 Å². The molecule has 1 rings (SSSR count). The molecule has 3 nitrogen and oxygen atoms in total. The van der Waals surface area contributed by atoms with Gasteiger partial charge in [0.2, 0.25) is 3.79 Å². The van der Waals surface area contributed by atoms with Crippen LogP contribution < -0.4 is 0 Å². The maximum Gasteiger partial charge on any atom is 0.223 e. The number of hydrogen-bond donors (Lipinski definition) is 0. The Kier molecular flexibility index (Phi) is 2.31. The summed E-state index contributed by atoms with van der Waals surface area (Å²) in [7, 11) is 0. The lowest BCUT2D eigenvalue weighted by atomic mass is 10.4. The Bertz CT molecular complexity index is 155. The molecule has 0 aliphatic carbocycles. The lowest BCUT2D eigenvalue weighted by molar-refractivity contribution is -0.146. The summed E-state index contributed by atoms with van der Waals surface area (Å²) in [5, 5.41) is 0. The average molecular weight is 256 g/mol. The van der Waals surface area contributed by atoms with Crippen LogP contribution in [0.25, 0.3) is 0 Å². The average Bonchev–Trinajstić information content (AvgIpc) is 2.10. The maximum absolute atomic E-state index is 10.7. The van der Waals surface area contributed by atoms with Gasteiger partial charge in [-0.05, 0) is 13.8 Å². The van der Waals surface area contributed by atoms with Crippen LogP contribution in [0.15, 0.2) is 0 Å². The highest BCUT2D eigenvalue weighted by Gasteiger charge is 2.35. The van der Waals surface area contributed by atoms with Gasteiger partial charge in [-0.25, -0.2) is 0 Å². The van der Waals surface area contributed by atoms with Crippen molar-refractivity contribution in [1.82, 2.24) is 0 Å². The Labute approximate surface area is 73.2 Å². The van der Waals surface area contributed by atoms with Crippen LogP contribution in [-0.2, 0) is 14.3 Å². The molecule has 1 aliphatic heterocycles. The first-order chi connectivity index (χ1) is 4.51. The smallest absolute Gasteiger partial charge is 0.223 e. The van der Waals surface area contributed by atoms with E-state index in [1.807, 2.05) is 0 Å². The van der Waals surface area contributed by atoms with Gasteiger partial charge in [0.1, 0.15) is 0 Å². The van der Waals surface area contributed by atoms with Crippen LogP contribution in [0.2, 0.25) is 0 Å².